The van der Waals surface area contributed by atoms with E-state index in [-0.39, 0.29) is 0 Å². The molecule has 2 aromatic heterocycles. The lowest BCUT2D eigenvalue weighted by Crippen LogP contribution is -1.90. The first-order chi connectivity index (χ1) is 5.42. The molecule has 4 heteroatoms. The van der Waals surface area contributed by atoms with Crippen LogP contribution in [-0.2, 0) is 0 Å². The average molecular weight is 149 g/mol. The Balaban J connectivity index is 2.79. The van der Waals surface area contributed by atoms with Gasteiger partial charge in [-0.25, -0.2) is 9.50 Å². The highest BCUT2D eigenvalue weighted by Gasteiger charge is 2.00. The molecule has 0 bridgehead atoms. The van der Waals surface area contributed by atoms with E-state index in [2.05, 4.69) is 10.1 Å². The van der Waals surface area contributed by atoms with Gasteiger partial charge in [-0.2, -0.15) is 5.10 Å². The van der Waals surface area contributed by atoms with Crippen molar-refractivity contribution in [3.05, 3.63) is 24.7 Å². The molecule has 2 heterocycles. The summed E-state index contributed by atoms with van der Waals surface area (Å²) in [7, 11) is 1.62. The zero-order valence-electron chi connectivity index (χ0n) is 6.06. The van der Waals surface area contributed by atoms with Gasteiger partial charge >= 0.3 is 0 Å². The average Bonchev–Trinajstić information content (AvgIpc) is 2.50. The highest BCUT2D eigenvalue weighted by atomic mass is 16.5. The van der Waals surface area contributed by atoms with Crippen molar-refractivity contribution in [3.63, 3.8) is 0 Å². The van der Waals surface area contributed by atoms with Crippen LogP contribution in [-0.4, -0.2) is 21.7 Å². The van der Waals surface area contributed by atoms with Crippen LogP contribution in [0, 0.1) is 0 Å². The maximum Gasteiger partial charge on any atom is 0.197 e. The topological polar surface area (TPSA) is 39.4 Å². The van der Waals surface area contributed by atoms with Gasteiger partial charge in [-0.05, 0) is 12.1 Å². The van der Waals surface area contributed by atoms with Crippen LogP contribution in [0.15, 0.2) is 24.7 Å². The zero-order chi connectivity index (χ0) is 7.68. The maximum atomic E-state index is 5.06. The molecule has 56 valence electrons. The molecule has 0 radical (unpaired) electrons. The van der Waals surface area contributed by atoms with Crippen molar-refractivity contribution in [2.24, 2.45) is 0 Å². The third-order valence-corrected chi connectivity index (χ3v) is 1.49. The standard InChI is InChI=1S/C7H7N3O/c1-11-6-3-2-4-10-7(6)8-5-9-10/h2-5H,1H3. The van der Waals surface area contributed by atoms with Gasteiger partial charge in [-0.1, -0.05) is 0 Å². The second-order valence-electron chi connectivity index (χ2n) is 2.10. The highest BCUT2D eigenvalue weighted by Crippen LogP contribution is 2.14. The molecule has 0 aliphatic rings. The Morgan fingerprint density at radius 1 is 1.55 bits per heavy atom. The first-order valence-corrected chi connectivity index (χ1v) is 3.24. The van der Waals surface area contributed by atoms with Crippen molar-refractivity contribution in [1.82, 2.24) is 14.6 Å². The molecule has 0 amide bonds. The molecule has 0 aliphatic carbocycles. The minimum atomic E-state index is 0.741. The SMILES string of the molecule is COc1cccn2ncnc12. The van der Waals surface area contributed by atoms with E-state index < -0.39 is 0 Å². The Morgan fingerprint density at radius 3 is 3.27 bits per heavy atom. The number of ether oxygens (including phenoxy) is 1. The Bertz CT molecular complexity index is 368. The number of fused-ring (bicyclic) bond motifs is 1. The normalized spacial score (nSPS) is 10.3. The summed E-state index contributed by atoms with van der Waals surface area (Å²) in [6.45, 7) is 0. The second-order valence-corrected chi connectivity index (χ2v) is 2.10. The lowest BCUT2D eigenvalue weighted by Gasteiger charge is -1.98. The van der Waals surface area contributed by atoms with E-state index in [1.807, 2.05) is 18.3 Å². The van der Waals surface area contributed by atoms with Gasteiger partial charge in [0.15, 0.2) is 11.4 Å². The summed E-state index contributed by atoms with van der Waals surface area (Å²) in [4.78, 5) is 4.02. The summed E-state index contributed by atoms with van der Waals surface area (Å²) in [5.41, 5.74) is 0.745. The summed E-state index contributed by atoms with van der Waals surface area (Å²) < 4.78 is 6.73. The monoisotopic (exact) mass is 149 g/mol. The molecule has 4 nitrogen and oxygen atoms in total. The van der Waals surface area contributed by atoms with Crippen LogP contribution < -0.4 is 4.74 Å². The summed E-state index contributed by atoms with van der Waals surface area (Å²) >= 11 is 0. The number of aromatic nitrogens is 3. The van der Waals surface area contributed by atoms with Crippen LogP contribution >= 0.6 is 0 Å². The van der Waals surface area contributed by atoms with Crippen molar-refractivity contribution in [2.45, 2.75) is 0 Å². The van der Waals surface area contributed by atoms with Crippen LogP contribution in [0.5, 0.6) is 5.75 Å². The van der Waals surface area contributed by atoms with E-state index >= 15 is 0 Å². The van der Waals surface area contributed by atoms with Gasteiger partial charge < -0.3 is 4.74 Å². The summed E-state index contributed by atoms with van der Waals surface area (Å²) in [6, 6.07) is 3.71. The van der Waals surface area contributed by atoms with Gasteiger partial charge in [0.1, 0.15) is 6.33 Å². The van der Waals surface area contributed by atoms with E-state index in [9.17, 15) is 0 Å². The molecule has 0 unspecified atom stereocenters. The number of rotatable bonds is 1. The van der Waals surface area contributed by atoms with Gasteiger partial charge in [-0.3, -0.25) is 0 Å². The number of hydrogen-bond donors (Lipinski definition) is 0. The van der Waals surface area contributed by atoms with Crippen molar-refractivity contribution in [1.29, 1.82) is 0 Å². The minimum Gasteiger partial charge on any atom is -0.493 e. The first-order valence-electron chi connectivity index (χ1n) is 3.24. The van der Waals surface area contributed by atoms with Gasteiger partial charge in [0, 0.05) is 6.20 Å². The van der Waals surface area contributed by atoms with Crippen LogP contribution in [0.1, 0.15) is 0 Å². The highest BCUT2D eigenvalue weighted by molar-refractivity contribution is 5.51. The molecule has 0 saturated heterocycles. The first kappa shape index (κ1) is 6.15. The van der Waals surface area contributed by atoms with E-state index in [0.29, 0.717) is 0 Å². The summed E-state index contributed by atoms with van der Waals surface area (Å²) in [5.74, 6) is 0.741. The molecule has 2 rings (SSSR count). The van der Waals surface area contributed by atoms with Crippen molar-refractivity contribution < 1.29 is 4.74 Å². The lowest BCUT2D eigenvalue weighted by molar-refractivity contribution is 0.416. The quantitative estimate of drug-likeness (QED) is 0.600. The zero-order valence-corrected chi connectivity index (χ0v) is 6.06. The van der Waals surface area contributed by atoms with Gasteiger partial charge in [0.25, 0.3) is 0 Å². The van der Waals surface area contributed by atoms with Gasteiger partial charge in [0.05, 0.1) is 7.11 Å². The third-order valence-electron chi connectivity index (χ3n) is 1.49. The molecule has 0 saturated carbocycles. The van der Waals surface area contributed by atoms with Crippen LogP contribution in [0.25, 0.3) is 5.65 Å². The van der Waals surface area contributed by atoms with Crippen LogP contribution in [0.3, 0.4) is 0 Å². The van der Waals surface area contributed by atoms with E-state index in [1.54, 1.807) is 11.6 Å². The van der Waals surface area contributed by atoms with Gasteiger partial charge in [-0.15, -0.1) is 0 Å². The molecular formula is C7H7N3O. The Morgan fingerprint density at radius 2 is 2.45 bits per heavy atom. The fourth-order valence-electron chi connectivity index (χ4n) is 0.981. The lowest BCUT2D eigenvalue weighted by atomic mass is 10.4. The summed E-state index contributed by atoms with van der Waals surface area (Å²) in [6.07, 6.45) is 3.32. The van der Waals surface area contributed by atoms with Crippen LogP contribution in [0.2, 0.25) is 0 Å². The molecule has 0 fully saturated rings. The fraction of sp³-hybridized carbons (Fsp3) is 0.143. The molecule has 0 aromatic carbocycles. The minimum absolute atomic E-state index is 0.741. The van der Waals surface area contributed by atoms with Crippen molar-refractivity contribution >= 4 is 5.65 Å². The number of nitrogens with zero attached hydrogens (tertiary/aromatic N) is 3. The van der Waals surface area contributed by atoms with E-state index in [4.69, 9.17) is 4.74 Å². The molecule has 11 heavy (non-hydrogen) atoms. The number of pyridine rings is 1. The van der Waals surface area contributed by atoms with E-state index in [1.165, 1.54) is 6.33 Å². The Labute approximate surface area is 63.4 Å². The number of hydrogen-bond acceptors (Lipinski definition) is 3. The Hall–Kier alpha value is -1.58. The van der Waals surface area contributed by atoms with Crippen molar-refractivity contribution in [3.8, 4) is 5.75 Å². The van der Waals surface area contributed by atoms with E-state index in [0.717, 1.165) is 11.4 Å². The maximum absolute atomic E-state index is 5.06. The fourth-order valence-corrected chi connectivity index (χ4v) is 0.981. The molecule has 0 N–H and O–H groups in total. The molecular weight excluding hydrogens is 142 g/mol. The van der Waals surface area contributed by atoms with Crippen LogP contribution in [0.4, 0.5) is 0 Å². The predicted molar refractivity (Wildman–Crippen MR) is 39.5 cm³/mol. The van der Waals surface area contributed by atoms with Crippen molar-refractivity contribution in [2.75, 3.05) is 7.11 Å². The largest absolute Gasteiger partial charge is 0.493 e. The third kappa shape index (κ3) is 0.832. The second kappa shape index (κ2) is 2.23. The smallest absolute Gasteiger partial charge is 0.197 e. The molecule has 0 spiro atoms. The van der Waals surface area contributed by atoms with Gasteiger partial charge in [0.2, 0.25) is 0 Å². The number of methoxy groups -OCH3 is 1. The molecule has 0 atom stereocenters. The summed E-state index contributed by atoms with van der Waals surface area (Å²) in [5, 5.41) is 3.95. The predicted octanol–water partition coefficient (Wildman–Crippen LogP) is 0.738. The molecule has 2 aromatic rings. The Kier molecular flexibility index (Phi) is 1.25. The molecule has 0 aliphatic heterocycles.